The number of carboxylic acids is 2. The lowest BCUT2D eigenvalue weighted by atomic mass is 10.1. The van der Waals surface area contributed by atoms with Crippen molar-refractivity contribution in [1.82, 2.24) is 10.6 Å². The van der Waals surface area contributed by atoms with Crippen molar-refractivity contribution in [3.05, 3.63) is 0 Å². The quantitative estimate of drug-likeness (QED) is 0.361. The van der Waals surface area contributed by atoms with E-state index < -0.39 is 24.0 Å². The molecule has 0 aliphatic heterocycles. The van der Waals surface area contributed by atoms with Crippen LogP contribution in [0.5, 0.6) is 0 Å². The molecule has 7 heteroatoms. The van der Waals surface area contributed by atoms with Crippen LogP contribution >= 0.6 is 0 Å². The van der Waals surface area contributed by atoms with Gasteiger partial charge < -0.3 is 20.8 Å². The SMILES string of the molecule is C#CCCNC(=O)N[C@H](CCCC(=O)O)C(=O)O. The number of carbonyl (C=O) groups is 3. The fourth-order valence-electron chi connectivity index (χ4n) is 1.17. The van der Waals surface area contributed by atoms with Gasteiger partial charge in [0, 0.05) is 19.4 Å². The van der Waals surface area contributed by atoms with Crippen molar-refractivity contribution >= 4 is 18.0 Å². The molecular formula is C11H16N2O5. The Hall–Kier alpha value is -2.23. The number of carboxylic acid groups (broad SMARTS) is 2. The van der Waals surface area contributed by atoms with Gasteiger partial charge in [0.1, 0.15) is 6.04 Å². The number of carbonyl (C=O) groups excluding carboxylic acids is 1. The van der Waals surface area contributed by atoms with Crippen LogP contribution in [0.3, 0.4) is 0 Å². The zero-order chi connectivity index (χ0) is 14.0. The molecule has 0 radical (unpaired) electrons. The van der Waals surface area contributed by atoms with Gasteiger partial charge in [-0.2, -0.15) is 0 Å². The fraction of sp³-hybridized carbons (Fsp3) is 0.545. The van der Waals surface area contributed by atoms with Gasteiger partial charge in [0.2, 0.25) is 0 Å². The van der Waals surface area contributed by atoms with E-state index in [0.717, 1.165) is 0 Å². The summed E-state index contributed by atoms with van der Waals surface area (Å²) in [7, 11) is 0. The van der Waals surface area contributed by atoms with Crippen LogP contribution in [0.4, 0.5) is 4.79 Å². The zero-order valence-corrected chi connectivity index (χ0v) is 9.81. The first-order valence-electron chi connectivity index (χ1n) is 5.39. The summed E-state index contributed by atoms with van der Waals surface area (Å²) in [6, 6.07) is -1.73. The van der Waals surface area contributed by atoms with Gasteiger partial charge in [0.15, 0.2) is 0 Å². The molecule has 100 valence electrons. The number of amides is 2. The molecule has 0 aromatic heterocycles. The second kappa shape index (κ2) is 8.87. The molecule has 1 atom stereocenters. The fourth-order valence-corrected chi connectivity index (χ4v) is 1.17. The summed E-state index contributed by atoms with van der Waals surface area (Å²) < 4.78 is 0. The van der Waals surface area contributed by atoms with Gasteiger partial charge in [0.05, 0.1) is 0 Å². The van der Waals surface area contributed by atoms with Crippen LogP contribution in [0, 0.1) is 12.3 Å². The smallest absolute Gasteiger partial charge is 0.326 e. The molecule has 0 saturated carbocycles. The molecule has 18 heavy (non-hydrogen) atoms. The second-order valence-electron chi connectivity index (χ2n) is 3.53. The van der Waals surface area contributed by atoms with E-state index in [1.54, 1.807) is 0 Å². The number of hydrogen-bond acceptors (Lipinski definition) is 3. The van der Waals surface area contributed by atoms with Crippen LogP contribution in [-0.4, -0.2) is 40.8 Å². The Balaban J connectivity index is 4.03. The lowest BCUT2D eigenvalue weighted by molar-refractivity contribution is -0.140. The summed E-state index contributed by atoms with van der Waals surface area (Å²) in [5.41, 5.74) is 0. The molecule has 0 aliphatic carbocycles. The van der Waals surface area contributed by atoms with Crippen molar-refractivity contribution in [2.75, 3.05) is 6.54 Å². The highest BCUT2D eigenvalue weighted by molar-refractivity contribution is 5.82. The topological polar surface area (TPSA) is 116 Å². The minimum absolute atomic E-state index is 0.0597. The zero-order valence-electron chi connectivity index (χ0n) is 9.81. The Kier molecular flexibility index (Phi) is 7.77. The summed E-state index contributed by atoms with van der Waals surface area (Å²) in [4.78, 5) is 32.4. The molecule has 0 rings (SSSR count). The van der Waals surface area contributed by atoms with Crippen LogP contribution in [0.15, 0.2) is 0 Å². The Morgan fingerprint density at radius 2 is 1.94 bits per heavy atom. The highest BCUT2D eigenvalue weighted by Gasteiger charge is 2.19. The lowest BCUT2D eigenvalue weighted by Gasteiger charge is -2.14. The first-order valence-corrected chi connectivity index (χ1v) is 5.39. The molecule has 2 amide bonds. The van der Waals surface area contributed by atoms with E-state index in [0.29, 0.717) is 6.42 Å². The van der Waals surface area contributed by atoms with E-state index in [9.17, 15) is 14.4 Å². The number of terminal acetylenes is 1. The van der Waals surface area contributed by atoms with Gasteiger partial charge in [-0.25, -0.2) is 9.59 Å². The Labute approximate surface area is 105 Å². The third-order valence-electron chi connectivity index (χ3n) is 2.04. The third kappa shape index (κ3) is 7.98. The van der Waals surface area contributed by atoms with E-state index in [1.807, 2.05) is 0 Å². The van der Waals surface area contributed by atoms with E-state index in [4.69, 9.17) is 16.6 Å². The van der Waals surface area contributed by atoms with E-state index in [2.05, 4.69) is 16.6 Å². The highest BCUT2D eigenvalue weighted by Crippen LogP contribution is 2.01. The lowest BCUT2D eigenvalue weighted by Crippen LogP contribution is -2.46. The second-order valence-corrected chi connectivity index (χ2v) is 3.53. The predicted octanol–water partition coefficient (Wildman–Crippen LogP) is 0.0170. The molecule has 0 heterocycles. The molecule has 0 fully saturated rings. The van der Waals surface area contributed by atoms with Crippen LogP contribution in [0.25, 0.3) is 0 Å². The first kappa shape index (κ1) is 15.8. The minimum atomic E-state index is -1.20. The minimum Gasteiger partial charge on any atom is -0.481 e. The first-order chi connectivity index (χ1) is 8.47. The number of hydrogen-bond donors (Lipinski definition) is 4. The van der Waals surface area contributed by atoms with Gasteiger partial charge in [-0.15, -0.1) is 12.3 Å². The van der Waals surface area contributed by atoms with Gasteiger partial charge in [-0.05, 0) is 12.8 Å². The third-order valence-corrected chi connectivity index (χ3v) is 2.04. The maximum atomic E-state index is 11.3. The summed E-state index contributed by atoms with van der Waals surface area (Å²) in [6.45, 7) is 0.254. The van der Waals surface area contributed by atoms with Gasteiger partial charge in [-0.3, -0.25) is 4.79 Å². The Morgan fingerprint density at radius 3 is 2.44 bits per heavy atom. The number of rotatable bonds is 8. The van der Waals surface area contributed by atoms with Crippen molar-refractivity contribution < 1.29 is 24.6 Å². The Morgan fingerprint density at radius 1 is 1.28 bits per heavy atom. The largest absolute Gasteiger partial charge is 0.481 e. The molecular weight excluding hydrogens is 240 g/mol. The van der Waals surface area contributed by atoms with E-state index in [-0.39, 0.29) is 25.8 Å². The summed E-state index contributed by atoms with van der Waals surface area (Å²) in [6.07, 6.45) is 5.44. The van der Waals surface area contributed by atoms with Crippen LogP contribution < -0.4 is 10.6 Å². The average molecular weight is 256 g/mol. The number of urea groups is 1. The van der Waals surface area contributed by atoms with Crippen molar-refractivity contribution in [3.63, 3.8) is 0 Å². The maximum absolute atomic E-state index is 11.3. The molecule has 4 N–H and O–H groups in total. The number of nitrogens with one attached hydrogen (secondary N) is 2. The van der Waals surface area contributed by atoms with Crippen molar-refractivity contribution in [3.8, 4) is 12.3 Å². The summed E-state index contributed by atoms with van der Waals surface area (Å²) in [5.74, 6) is 0.118. The molecule has 7 nitrogen and oxygen atoms in total. The van der Waals surface area contributed by atoms with Crippen LogP contribution in [-0.2, 0) is 9.59 Å². The standard InChI is InChI=1S/C11H16N2O5/c1-2-3-7-12-11(18)13-8(10(16)17)5-4-6-9(14)15/h1,8H,3-7H2,(H,14,15)(H,16,17)(H2,12,13,18)/t8-/m1/s1. The highest BCUT2D eigenvalue weighted by atomic mass is 16.4. The Bertz CT molecular complexity index is 348. The monoisotopic (exact) mass is 256 g/mol. The van der Waals surface area contributed by atoms with Crippen molar-refractivity contribution in [2.45, 2.75) is 31.7 Å². The molecule has 0 aromatic rings. The molecule has 0 bridgehead atoms. The summed E-state index contributed by atoms with van der Waals surface area (Å²) in [5, 5.41) is 21.9. The van der Waals surface area contributed by atoms with Gasteiger partial charge in [-0.1, -0.05) is 0 Å². The maximum Gasteiger partial charge on any atom is 0.326 e. The van der Waals surface area contributed by atoms with E-state index >= 15 is 0 Å². The molecule has 0 aliphatic rings. The van der Waals surface area contributed by atoms with E-state index in [1.165, 1.54) is 0 Å². The summed E-state index contributed by atoms with van der Waals surface area (Å²) >= 11 is 0. The van der Waals surface area contributed by atoms with Crippen molar-refractivity contribution in [1.29, 1.82) is 0 Å². The molecule has 0 unspecified atom stereocenters. The van der Waals surface area contributed by atoms with Gasteiger partial charge in [0.25, 0.3) is 0 Å². The molecule has 0 saturated heterocycles. The predicted molar refractivity (Wildman–Crippen MR) is 62.9 cm³/mol. The average Bonchev–Trinajstić information content (AvgIpc) is 2.27. The normalized spacial score (nSPS) is 11.1. The van der Waals surface area contributed by atoms with Crippen LogP contribution in [0.2, 0.25) is 0 Å². The molecule has 0 spiro atoms. The molecule has 0 aromatic carbocycles. The van der Waals surface area contributed by atoms with Crippen molar-refractivity contribution in [2.24, 2.45) is 0 Å². The van der Waals surface area contributed by atoms with Gasteiger partial charge >= 0.3 is 18.0 Å². The number of aliphatic carboxylic acids is 2. The van der Waals surface area contributed by atoms with Crippen LogP contribution in [0.1, 0.15) is 25.7 Å².